The van der Waals surface area contributed by atoms with Crippen LogP contribution in [0.1, 0.15) is 6.04 Å². The van der Waals surface area contributed by atoms with E-state index in [0.29, 0.717) is 18.8 Å². The first-order valence-corrected chi connectivity index (χ1v) is 4.53. The summed E-state index contributed by atoms with van der Waals surface area (Å²) in [5, 5.41) is 3.95. The molecule has 2 heterocycles. The predicted molar refractivity (Wildman–Crippen MR) is 48.2 cm³/mol. The molecule has 1 aromatic rings. The van der Waals surface area contributed by atoms with Crippen LogP contribution >= 0.6 is 0 Å². The smallest absolute Gasteiger partial charge is 0.396 e. The minimum absolute atomic E-state index is 0.0182. The van der Waals surface area contributed by atoms with Crippen LogP contribution in [0.3, 0.4) is 0 Å². The Morgan fingerprint density at radius 3 is 2.60 bits per heavy atom. The quantitative estimate of drug-likeness (QED) is 0.805. The number of anilines is 1. The van der Waals surface area contributed by atoms with E-state index in [2.05, 4.69) is 5.10 Å². The van der Waals surface area contributed by atoms with E-state index < -0.39 is 12.7 Å². The molecule has 0 saturated carbocycles. The summed E-state index contributed by atoms with van der Waals surface area (Å²) in [6.45, 7) is -0.0957. The molecular weight excluding hydrogens is 209 g/mol. The predicted octanol–water partition coefficient (Wildman–Crippen LogP) is 0.884. The fourth-order valence-electron chi connectivity index (χ4n) is 1.64. The van der Waals surface area contributed by atoms with Gasteiger partial charge in [0.1, 0.15) is 0 Å². The molecule has 1 aromatic heterocycles. The minimum Gasteiger partial charge on any atom is -0.396 e. The normalized spacial score (nSPS) is 19.1. The summed E-state index contributed by atoms with van der Waals surface area (Å²) in [6.07, 6.45) is -0.990. The van der Waals surface area contributed by atoms with Crippen molar-refractivity contribution < 1.29 is 13.2 Å². The van der Waals surface area contributed by atoms with Crippen molar-refractivity contribution in [2.45, 2.75) is 12.2 Å². The van der Waals surface area contributed by atoms with Crippen LogP contribution < -0.4 is 5.73 Å². The van der Waals surface area contributed by atoms with Crippen LogP contribution in [0.5, 0.6) is 0 Å². The van der Waals surface area contributed by atoms with Crippen LogP contribution in [0.2, 0.25) is 0 Å². The number of aromatic nitrogens is 2. The molecule has 4 nitrogen and oxygen atoms in total. The summed E-state index contributed by atoms with van der Waals surface area (Å²) < 4.78 is 37.5. The number of hydrogen-bond acceptors (Lipinski definition) is 3. The summed E-state index contributed by atoms with van der Waals surface area (Å²) in [7, 11) is 0. The molecule has 1 fully saturated rings. The Kier molecular flexibility index (Phi) is 2.34. The minimum atomic E-state index is -4.12. The molecule has 1 aliphatic rings. The van der Waals surface area contributed by atoms with Gasteiger partial charge in [-0.05, 0) is 0 Å². The Hall–Kier alpha value is -1.24. The van der Waals surface area contributed by atoms with Gasteiger partial charge in [0, 0.05) is 19.3 Å². The third kappa shape index (κ3) is 2.41. The van der Waals surface area contributed by atoms with Crippen molar-refractivity contribution >= 4 is 5.69 Å². The average Bonchev–Trinajstić information content (AvgIpc) is 2.41. The summed E-state index contributed by atoms with van der Waals surface area (Å²) in [4.78, 5) is 1.34. The van der Waals surface area contributed by atoms with E-state index in [0.717, 1.165) is 0 Å². The number of rotatable bonds is 2. The van der Waals surface area contributed by atoms with Crippen molar-refractivity contribution in [3.05, 3.63) is 12.4 Å². The van der Waals surface area contributed by atoms with Gasteiger partial charge in [-0.3, -0.25) is 9.58 Å². The van der Waals surface area contributed by atoms with Crippen molar-refractivity contribution in [1.82, 2.24) is 14.7 Å². The van der Waals surface area contributed by atoms with Crippen LogP contribution in [0.25, 0.3) is 0 Å². The van der Waals surface area contributed by atoms with Crippen LogP contribution in [-0.2, 0) is 0 Å². The van der Waals surface area contributed by atoms with E-state index in [-0.39, 0.29) is 6.04 Å². The average molecular weight is 220 g/mol. The lowest BCUT2D eigenvalue weighted by molar-refractivity contribution is -0.157. The first kappa shape index (κ1) is 10.3. The lowest BCUT2D eigenvalue weighted by atomic mass is 10.1. The second-order valence-corrected chi connectivity index (χ2v) is 3.72. The third-order valence-corrected chi connectivity index (χ3v) is 2.34. The molecule has 1 aliphatic heterocycles. The number of nitrogens with zero attached hydrogens (tertiary/aromatic N) is 3. The Bertz CT molecular complexity index is 340. The first-order valence-electron chi connectivity index (χ1n) is 4.53. The van der Waals surface area contributed by atoms with Crippen molar-refractivity contribution in [2.24, 2.45) is 0 Å². The number of likely N-dealkylation sites (tertiary alicyclic amines) is 1. The van der Waals surface area contributed by atoms with Gasteiger partial charge >= 0.3 is 6.18 Å². The summed E-state index contributed by atoms with van der Waals surface area (Å²) in [5.74, 6) is 0. The van der Waals surface area contributed by atoms with Crippen LogP contribution in [0.15, 0.2) is 12.4 Å². The van der Waals surface area contributed by atoms with Crippen LogP contribution in [0, 0.1) is 0 Å². The second-order valence-electron chi connectivity index (χ2n) is 3.72. The van der Waals surface area contributed by atoms with Gasteiger partial charge in [-0.15, -0.1) is 0 Å². The van der Waals surface area contributed by atoms with Crippen molar-refractivity contribution in [1.29, 1.82) is 0 Å². The largest absolute Gasteiger partial charge is 0.401 e. The fourth-order valence-corrected chi connectivity index (χ4v) is 1.64. The highest BCUT2D eigenvalue weighted by molar-refractivity contribution is 5.30. The maximum absolute atomic E-state index is 12.0. The summed E-state index contributed by atoms with van der Waals surface area (Å²) in [5.41, 5.74) is 5.99. The van der Waals surface area contributed by atoms with E-state index in [4.69, 9.17) is 5.73 Å². The second kappa shape index (κ2) is 3.41. The van der Waals surface area contributed by atoms with Crippen LogP contribution in [-0.4, -0.2) is 40.5 Å². The van der Waals surface area contributed by atoms with Gasteiger partial charge < -0.3 is 5.73 Å². The molecule has 0 spiro atoms. The van der Waals surface area contributed by atoms with Gasteiger partial charge in [-0.1, -0.05) is 0 Å². The third-order valence-electron chi connectivity index (χ3n) is 2.34. The fraction of sp³-hybridized carbons (Fsp3) is 0.625. The Morgan fingerprint density at radius 2 is 2.13 bits per heavy atom. The standard InChI is InChI=1S/C8H11F3N4/c9-8(10,11)5-14-3-7(4-14)15-2-6(12)1-13-15/h1-2,7H,3-5,12H2. The molecule has 15 heavy (non-hydrogen) atoms. The summed E-state index contributed by atoms with van der Waals surface area (Å²) in [6, 6.07) is 0.0182. The molecule has 84 valence electrons. The van der Waals surface area contributed by atoms with E-state index >= 15 is 0 Å². The number of hydrogen-bond donors (Lipinski definition) is 1. The van der Waals surface area contributed by atoms with Crippen LogP contribution in [0.4, 0.5) is 18.9 Å². The lowest BCUT2D eigenvalue weighted by Crippen LogP contribution is -2.51. The molecule has 0 bridgehead atoms. The van der Waals surface area contributed by atoms with E-state index in [1.54, 1.807) is 10.9 Å². The van der Waals surface area contributed by atoms with Crippen molar-refractivity contribution in [3.63, 3.8) is 0 Å². The molecule has 0 amide bonds. The van der Waals surface area contributed by atoms with Crippen molar-refractivity contribution in [3.8, 4) is 0 Å². The van der Waals surface area contributed by atoms with E-state index in [9.17, 15) is 13.2 Å². The Labute approximate surface area is 84.5 Å². The van der Waals surface area contributed by atoms with Gasteiger partial charge in [-0.25, -0.2) is 0 Å². The molecular formula is C8H11F3N4. The molecule has 1 saturated heterocycles. The Balaban J connectivity index is 1.84. The van der Waals surface area contributed by atoms with Crippen molar-refractivity contribution in [2.75, 3.05) is 25.4 Å². The molecule has 2 rings (SSSR count). The van der Waals surface area contributed by atoms with Gasteiger partial charge in [-0.2, -0.15) is 18.3 Å². The maximum atomic E-state index is 12.0. The molecule has 7 heteroatoms. The lowest BCUT2D eigenvalue weighted by Gasteiger charge is -2.39. The first-order chi connectivity index (χ1) is 6.94. The topological polar surface area (TPSA) is 47.1 Å². The van der Waals surface area contributed by atoms with Gasteiger partial charge in [0.15, 0.2) is 0 Å². The summed E-state index contributed by atoms with van der Waals surface area (Å²) >= 11 is 0. The van der Waals surface area contributed by atoms with Gasteiger partial charge in [0.25, 0.3) is 0 Å². The zero-order valence-electron chi connectivity index (χ0n) is 7.91. The van der Waals surface area contributed by atoms with E-state index in [1.165, 1.54) is 11.1 Å². The number of alkyl halides is 3. The number of nitrogens with two attached hydrogens (primary N) is 1. The highest BCUT2D eigenvalue weighted by atomic mass is 19.4. The number of nitrogen functional groups attached to an aromatic ring is 1. The highest BCUT2D eigenvalue weighted by Gasteiger charge is 2.37. The number of halogens is 3. The van der Waals surface area contributed by atoms with E-state index in [1.807, 2.05) is 0 Å². The molecule has 0 radical (unpaired) electrons. The SMILES string of the molecule is Nc1cnn(C2CN(CC(F)(F)F)C2)c1. The molecule has 2 N–H and O–H groups in total. The maximum Gasteiger partial charge on any atom is 0.401 e. The molecule has 0 aromatic carbocycles. The monoisotopic (exact) mass is 220 g/mol. The highest BCUT2D eigenvalue weighted by Crippen LogP contribution is 2.25. The zero-order valence-corrected chi connectivity index (χ0v) is 7.91. The molecule has 0 unspecified atom stereocenters. The zero-order chi connectivity index (χ0) is 11.1. The van der Waals surface area contributed by atoms with Gasteiger partial charge in [0.2, 0.25) is 0 Å². The van der Waals surface area contributed by atoms with Gasteiger partial charge in [0.05, 0.1) is 24.5 Å². The Morgan fingerprint density at radius 1 is 1.47 bits per heavy atom. The molecule has 0 atom stereocenters. The molecule has 0 aliphatic carbocycles.